The lowest BCUT2D eigenvalue weighted by atomic mass is 9.66. The van der Waals surface area contributed by atoms with Crippen molar-refractivity contribution >= 4 is 15.9 Å². The van der Waals surface area contributed by atoms with E-state index in [1.807, 2.05) is 0 Å². The van der Waals surface area contributed by atoms with Gasteiger partial charge in [0.1, 0.15) is 0 Å². The number of nitrogens with one attached hydrogen (secondary N) is 1. The van der Waals surface area contributed by atoms with E-state index in [9.17, 15) is 0 Å². The molecule has 0 amide bonds. The molecule has 118 valence electrons. The van der Waals surface area contributed by atoms with Gasteiger partial charge in [-0.15, -0.1) is 0 Å². The predicted molar refractivity (Wildman–Crippen MR) is 95.9 cm³/mol. The molecule has 1 aliphatic heterocycles. The molecule has 0 spiro atoms. The summed E-state index contributed by atoms with van der Waals surface area (Å²) in [6.07, 6.45) is 9.62. The van der Waals surface area contributed by atoms with Crippen LogP contribution in [0.25, 0.3) is 0 Å². The van der Waals surface area contributed by atoms with E-state index >= 15 is 0 Å². The second-order valence-corrected chi connectivity index (χ2v) is 7.79. The molecule has 2 atom stereocenters. The first kappa shape index (κ1) is 17.0. The van der Waals surface area contributed by atoms with E-state index in [0.717, 1.165) is 6.54 Å². The van der Waals surface area contributed by atoms with Crippen LogP contribution in [0.2, 0.25) is 0 Å². The summed E-state index contributed by atoms with van der Waals surface area (Å²) in [7, 11) is 0. The van der Waals surface area contributed by atoms with Crippen LogP contribution in [0.1, 0.15) is 70.3 Å². The van der Waals surface area contributed by atoms with Crippen LogP contribution in [0, 0.1) is 5.41 Å². The Bertz CT molecular complexity index is 414. The lowest BCUT2D eigenvalue weighted by molar-refractivity contribution is 0.167. The molecule has 0 saturated carbocycles. The van der Waals surface area contributed by atoms with Crippen molar-refractivity contribution < 1.29 is 0 Å². The summed E-state index contributed by atoms with van der Waals surface area (Å²) in [5, 5.41) is 3.60. The van der Waals surface area contributed by atoms with Gasteiger partial charge >= 0.3 is 0 Å². The molecule has 1 fully saturated rings. The van der Waals surface area contributed by atoms with E-state index < -0.39 is 0 Å². The molecule has 1 nitrogen and oxygen atoms in total. The Balaban J connectivity index is 1.98. The average molecular weight is 352 g/mol. The lowest BCUT2D eigenvalue weighted by Crippen LogP contribution is -2.42. The number of hydrogen-bond acceptors (Lipinski definition) is 1. The Labute approximate surface area is 139 Å². The fourth-order valence-electron chi connectivity index (χ4n) is 3.69. The predicted octanol–water partition coefficient (Wildman–Crippen LogP) is 5.89. The summed E-state index contributed by atoms with van der Waals surface area (Å²) in [6.45, 7) is 7.11. The van der Waals surface area contributed by atoms with Crippen molar-refractivity contribution in [3.05, 3.63) is 34.3 Å². The average Bonchev–Trinajstić information content (AvgIpc) is 2.49. The van der Waals surface area contributed by atoms with Gasteiger partial charge in [-0.25, -0.2) is 0 Å². The van der Waals surface area contributed by atoms with E-state index in [2.05, 4.69) is 59.4 Å². The molecule has 1 aromatic carbocycles. The summed E-state index contributed by atoms with van der Waals surface area (Å²) in [5.41, 5.74) is 1.96. The highest BCUT2D eigenvalue weighted by Crippen LogP contribution is 2.44. The normalized spacial score (nSPS) is 26.0. The summed E-state index contributed by atoms with van der Waals surface area (Å²) < 4.78 is 1.18. The van der Waals surface area contributed by atoms with Gasteiger partial charge < -0.3 is 5.32 Å². The zero-order chi connectivity index (χ0) is 15.1. The Hall–Kier alpha value is -0.340. The van der Waals surface area contributed by atoms with Crippen LogP contribution in [0.3, 0.4) is 0 Å². The van der Waals surface area contributed by atoms with Gasteiger partial charge in [-0.1, -0.05) is 74.0 Å². The zero-order valence-electron chi connectivity index (χ0n) is 13.6. The van der Waals surface area contributed by atoms with Crippen LogP contribution in [0.15, 0.2) is 28.7 Å². The van der Waals surface area contributed by atoms with E-state index in [4.69, 9.17) is 0 Å². The fourth-order valence-corrected chi connectivity index (χ4v) is 3.95. The largest absolute Gasteiger partial charge is 0.316 e. The van der Waals surface area contributed by atoms with Crippen LogP contribution < -0.4 is 5.32 Å². The Morgan fingerprint density at radius 1 is 1.14 bits per heavy atom. The van der Waals surface area contributed by atoms with Crippen LogP contribution >= 0.6 is 15.9 Å². The van der Waals surface area contributed by atoms with Gasteiger partial charge in [-0.05, 0) is 42.5 Å². The molecule has 2 heteroatoms. The van der Waals surface area contributed by atoms with E-state index in [1.54, 1.807) is 0 Å². The maximum absolute atomic E-state index is 3.60. The highest BCUT2D eigenvalue weighted by atomic mass is 79.9. The topological polar surface area (TPSA) is 12.0 Å². The van der Waals surface area contributed by atoms with Crippen LogP contribution in [0.5, 0.6) is 0 Å². The summed E-state index contributed by atoms with van der Waals surface area (Å²) >= 11 is 3.55. The molecular formula is C19H30BrN. The molecular weight excluding hydrogens is 322 g/mol. The molecule has 1 aromatic rings. The van der Waals surface area contributed by atoms with Gasteiger partial charge in [0, 0.05) is 16.9 Å². The first-order valence-electron chi connectivity index (χ1n) is 8.62. The molecule has 0 aromatic heterocycles. The summed E-state index contributed by atoms with van der Waals surface area (Å²) in [6, 6.07) is 8.98. The molecule has 2 rings (SSSR count). The molecule has 0 bridgehead atoms. The quantitative estimate of drug-likeness (QED) is 0.603. The third-order valence-electron chi connectivity index (χ3n) is 5.19. The van der Waals surface area contributed by atoms with Crippen molar-refractivity contribution in [2.75, 3.05) is 13.1 Å². The number of hydrogen-bond donors (Lipinski definition) is 1. The standard InChI is InChI=1S/C19H30BrN/c1-3-4-5-6-7-12-19(2)13-14-21-15-18(19)16-8-10-17(20)11-9-16/h8-11,18,21H,3-7,12-15H2,1-2H3. The van der Waals surface area contributed by atoms with Crippen LogP contribution in [-0.4, -0.2) is 13.1 Å². The molecule has 1 heterocycles. The maximum Gasteiger partial charge on any atom is 0.0175 e. The monoisotopic (exact) mass is 351 g/mol. The van der Waals surface area contributed by atoms with Crippen molar-refractivity contribution in [3.63, 3.8) is 0 Å². The minimum Gasteiger partial charge on any atom is -0.316 e. The number of unbranched alkanes of at least 4 members (excludes halogenated alkanes) is 4. The van der Waals surface area contributed by atoms with Gasteiger partial charge in [0.05, 0.1) is 0 Å². The van der Waals surface area contributed by atoms with Gasteiger partial charge in [-0.2, -0.15) is 0 Å². The number of halogens is 1. The van der Waals surface area contributed by atoms with Gasteiger partial charge in [0.15, 0.2) is 0 Å². The lowest BCUT2D eigenvalue weighted by Gasteiger charge is -2.42. The zero-order valence-corrected chi connectivity index (χ0v) is 15.2. The molecule has 1 saturated heterocycles. The first-order valence-corrected chi connectivity index (χ1v) is 9.41. The smallest absolute Gasteiger partial charge is 0.0175 e. The van der Waals surface area contributed by atoms with Gasteiger partial charge in [-0.3, -0.25) is 0 Å². The second-order valence-electron chi connectivity index (χ2n) is 6.88. The SMILES string of the molecule is CCCCCCCC1(C)CCNCC1c1ccc(Br)cc1. The van der Waals surface area contributed by atoms with E-state index in [1.165, 1.54) is 61.5 Å². The summed E-state index contributed by atoms with van der Waals surface area (Å²) in [4.78, 5) is 0. The Morgan fingerprint density at radius 2 is 1.86 bits per heavy atom. The third kappa shape index (κ3) is 4.82. The molecule has 21 heavy (non-hydrogen) atoms. The summed E-state index contributed by atoms with van der Waals surface area (Å²) in [5.74, 6) is 0.658. The van der Waals surface area contributed by atoms with Crippen molar-refractivity contribution in [2.45, 2.75) is 64.7 Å². The van der Waals surface area contributed by atoms with Crippen LogP contribution in [-0.2, 0) is 0 Å². The molecule has 0 radical (unpaired) electrons. The molecule has 0 aliphatic carbocycles. The van der Waals surface area contributed by atoms with Crippen LogP contribution in [0.4, 0.5) is 0 Å². The second kappa shape index (κ2) is 8.33. The van der Waals surface area contributed by atoms with Crippen molar-refractivity contribution in [3.8, 4) is 0 Å². The highest BCUT2D eigenvalue weighted by Gasteiger charge is 2.36. The first-order chi connectivity index (χ1) is 10.2. The van der Waals surface area contributed by atoms with Gasteiger partial charge in [0.25, 0.3) is 0 Å². The molecule has 1 aliphatic rings. The molecule has 1 N–H and O–H groups in total. The van der Waals surface area contributed by atoms with E-state index in [-0.39, 0.29) is 0 Å². The third-order valence-corrected chi connectivity index (χ3v) is 5.72. The fraction of sp³-hybridized carbons (Fsp3) is 0.684. The maximum atomic E-state index is 3.60. The number of piperidine rings is 1. The number of benzene rings is 1. The Kier molecular flexibility index (Phi) is 6.75. The Morgan fingerprint density at radius 3 is 2.57 bits per heavy atom. The number of rotatable bonds is 7. The van der Waals surface area contributed by atoms with Crippen molar-refractivity contribution in [2.24, 2.45) is 5.41 Å². The minimum atomic E-state index is 0.464. The highest BCUT2D eigenvalue weighted by molar-refractivity contribution is 9.10. The minimum absolute atomic E-state index is 0.464. The molecule has 2 unspecified atom stereocenters. The van der Waals surface area contributed by atoms with E-state index in [0.29, 0.717) is 11.3 Å². The van der Waals surface area contributed by atoms with Crippen molar-refractivity contribution in [1.82, 2.24) is 5.32 Å². The van der Waals surface area contributed by atoms with Crippen molar-refractivity contribution in [1.29, 1.82) is 0 Å². The van der Waals surface area contributed by atoms with Gasteiger partial charge in [0.2, 0.25) is 0 Å².